The van der Waals surface area contributed by atoms with Crippen molar-refractivity contribution in [2.45, 2.75) is 25.3 Å². The lowest BCUT2D eigenvalue weighted by Gasteiger charge is -2.29. The van der Waals surface area contributed by atoms with E-state index in [9.17, 15) is 8.42 Å². The molecule has 1 atom stereocenters. The van der Waals surface area contributed by atoms with Crippen molar-refractivity contribution in [3.63, 3.8) is 0 Å². The minimum Gasteiger partial charge on any atom is -0.372 e. The molecule has 0 amide bonds. The van der Waals surface area contributed by atoms with E-state index in [4.69, 9.17) is 5.14 Å². The molecule has 3 aliphatic heterocycles. The third kappa shape index (κ3) is 3.03. The van der Waals surface area contributed by atoms with Gasteiger partial charge < -0.3 is 4.90 Å². The Morgan fingerprint density at radius 3 is 2.46 bits per heavy atom. The van der Waals surface area contributed by atoms with E-state index in [1.807, 2.05) is 0 Å². The first kappa shape index (κ1) is 15.9. The summed E-state index contributed by atoms with van der Waals surface area (Å²) in [6.45, 7) is 2.80. The maximum absolute atomic E-state index is 11.3. The molecule has 0 radical (unpaired) electrons. The number of thioether (sulfide) groups is 1. The van der Waals surface area contributed by atoms with Crippen LogP contribution in [0.4, 0.5) is 5.69 Å². The number of aliphatic imine (C=N–C) groups is 1. The number of benzene rings is 1. The Hall–Kier alpha value is -1.58. The van der Waals surface area contributed by atoms with Crippen LogP contribution >= 0.6 is 11.8 Å². The van der Waals surface area contributed by atoms with E-state index in [1.54, 1.807) is 5.01 Å². The second-order valence-electron chi connectivity index (χ2n) is 6.16. The number of sulfonamides is 1. The van der Waals surface area contributed by atoms with Gasteiger partial charge in [0.05, 0.1) is 12.6 Å². The molecule has 1 unspecified atom stereocenters. The maximum Gasteiger partial charge on any atom is 0.264 e. The summed E-state index contributed by atoms with van der Waals surface area (Å²) in [5, 5.41) is 11.4. The Balaban J connectivity index is 1.46. The summed E-state index contributed by atoms with van der Waals surface area (Å²) in [5.74, 6) is 0. The summed E-state index contributed by atoms with van der Waals surface area (Å²) in [6.07, 6.45) is 3.84. The van der Waals surface area contributed by atoms with E-state index in [2.05, 4.69) is 39.3 Å². The third-order valence-corrected chi connectivity index (χ3v) is 6.73. The van der Waals surface area contributed by atoms with Gasteiger partial charge in [0.15, 0.2) is 5.17 Å². The third-order valence-electron chi connectivity index (χ3n) is 4.46. The summed E-state index contributed by atoms with van der Waals surface area (Å²) in [4.78, 5) is 7.00. The molecule has 24 heavy (non-hydrogen) atoms. The number of anilines is 1. The fourth-order valence-electron chi connectivity index (χ4n) is 3.20. The van der Waals surface area contributed by atoms with E-state index in [0.717, 1.165) is 30.4 Å². The van der Waals surface area contributed by atoms with Crippen molar-refractivity contribution in [1.82, 2.24) is 5.01 Å². The molecular formula is C15H19N5O2S2. The van der Waals surface area contributed by atoms with Crippen LogP contribution in [0.15, 0.2) is 34.4 Å². The van der Waals surface area contributed by atoms with Crippen molar-refractivity contribution >= 4 is 37.0 Å². The number of fused-ring (bicyclic) bond motifs is 1. The Morgan fingerprint density at radius 2 is 1.83 bits per heavy atom. The fourth-order valence-corrected chi connectivity index (χ4v) is 4.79. The van der Waals surface area contributed by atoms with Gasteiger partial charge in [-0.05, 0) is 48.7 Å². The lowest BCUT2D eigenvalue weighted by Crippen LogP contribution is -2.29. The van der Waals surface area contributed by atoms with Crippen LogP contribution in [0.1, 0.15) is 30.9 Å². The van der Waals surface area contributed by atoms with Crippen molar-refractivity contribution in [1.29, 1.82) is 0 Å². The SMILES string of the molecule is NS(=O)(=O)C1=NN2CC(c3ccc(N4CCCCC4)cc3)N=C2S1. The van der Waals surface area contributed by atoms with Crippen molar-refractivity contribution in [2.75, 3.05) is 24.5 Å². The molecule has 0 saturated carbocycles. The monoisotopic (exact) mass is 365 g/mol. The lowest BCUT2D eigenvalue weighted by atomic mass is 10.1. The predicted octanol–water partition coefficient (Wildman–Crippen LogP) is 1.70. The van der Waals surface area contributed by atoms with Gasteiger partial charge in [-0.15, -0.1) is 5.10 Å². The average Bonchev–Trinajstić information content (AvgIpc) is 3.14. The minimum absolute atomic E-state index is 0.0197. The van der Waals surface area contributed by atoms with Gasteiger partial charge >= 0.3 is 0 Å². The number of nitrogens with two attached hydrogens (primary N) is 1. The fraction of sp³-hybridized carbons (Fsp3) is 0.467. The molecule has 128 valence electrons. The molecule has 1 fully saturated rings. The number of rotatable bonds is 2. The van der Waals surface area contributed by atoms with E-state index >= 15 is 0 Å². The van der Waals surface area contributed by atoms with Gasteiger partial charge in [0.25, 0.3) is 10.0 Å². The highest BCUT2D eigenvalue weighted by molar-refractivity contribution is 8.42. The van der Waals surface area contributed by atoms with Gasteiger partial charge in [0.2, 0.25) is 4.38 Å². The Labute approximate surface area is 145 Å². The number of amidine groups is 1. The van der Waals surface area contributed by atoms with Crippen LogP contribution < -0.4 is 10.0 Å². The highest BCUT2D eigenvalue weighted by atomic mass is 32.3. The van der Waals surface area contributed by atoms with Crippen molar-refractivity contribution < 1.29 is 8.42 Å². The van der Waals surface area contributed by atoms with Crippen LogP contribution in [0, 0.1) is 0 Å². The molecule has 9 heteroatoms. The summed E-state index contributed by atoms with van der Waals surface area (Å²) < 4.78 is 22.6. The number of primary sulfonamides is 1. The van der Waals surface area contributed by atoms with Gasteiger partial charge in [0.1, 0.15) is 0 Å². The molecule has 0 aromatic heterocycles. The van der Waals surface area contributed by atoms with E-state index in [1.165, 1.54) is 24.9 Å². The highest BCUT2D eigenvalue weighted by Crippen LogP contribution is 2.35. The number of piperidine rings is 1. The molecule has 0 bridgehead atoms. The zero-order chi connectivity index (χ0) is 16.7. The molecule has 0 aliphatic carbocycles. The molecule has 1 aromatic carbocycles. The Bertz CT molecular complexity index is 798. The lowest BCUT2D eigenvalue weighted by molar-refractivity contribution is 0.462. The minimum atomic E-state index is -3.76. The summed E-state index contributed by atoms with van der Waals surface area (Å²) >= 11 is 1.02. The first-order valence-electron chi connectivity index (χ1n) is 8.00. The van der Waals surface area contributed by atoms with Crippen molar-refractivity contribution in [3.05, 3.63) is 29.8 Å². The van der Waals surface area contributed by atoms with E-state index in [0.29, 0.717) is 11.7 Å². The summed E-state index contributed by atoms with van der Waals surface area (Å²) in [6, 6.07) is 8.49. The largest absolute Gasteiger partial charge is 0.372 e. The predicted molar refractivity (Wildman–Crippen MR) is 97.5 cm³/mol. The van der Waals surface area contributed by atoms with E-state index in [-0.39, 0.29) is 10.4 Å². The van der Waals surface area contributed by atoms with Crippen LogP contribution in [-0.4, -0.2) is 42.6 Å². The molecule has 0 spiro atoms. The topological polar surface area (TPSA) is 91.4 Å². The average molecular weight is 365 g/mol. The van der Waals surface area contributed by atoms with Crippen LogP contribution in [-0.2, 0) is 10.0 Å². The van der Waals surface area contributed by atoms with Gasteiger partial charge in [-0.1, -0.05) is 12.1 Å². The smallest absolute Gasteiger partial charge is 0.264 e. The van der Waals surface area contributed by atoms with Gasteiger partial charge in [-0.2, -0.15) is 0 Å². The first-order chi connectivity index (χ1) is 11.5. The van der Waals surface area contributed by atoms with Crippen molar-refractivity contribution in [3.8, 4) is 0 Å². The van der Waals surface area contributed by atoms with E-state index < -0.39 is 10.0 Å². The Kier molecular flexibility index (Phi) is 4.01. The second-order valence-corrected chi connectivity index (χ2v) is 8.85. The van der Waals surface area contributed by atoms with Gasteiger partial charge in [0, 0.05) is 18.8 Å². The quantitative estimate of drug-likeness (QED) is 0.861. The zero-order valence-corrected chi connectivity index (χ0v) is 14.8. The Morgan fingerprint density at radius 1 is 1.12 bits per heavy atom. The molecule has 7 nitrogen and oxygen atoms in total. The highest BCUT2D eigenvalue weighted by Gasteiger charge is 2.36. The molecule has 1 aromatic rings. The van der Waals surface area contributed by atoms with Crippen LogP contribution in [0.25, 0.3) is 0 Å². The second kappa shape index (κ2) is 6.05. The van der Waals surface area contributed by atoms with Gasteiger partial charge in [-0.25, -0.2) is 18.6 Å². The van der Waals surface area contributed by atoms with Crippen LogP contribution in [0.3, 0.4) is 0 Å². The molecular weight excluding hydrogens is 346 g/mol. The maximum atomic E-state index is 11.3. The summed E-state index contributed by atoms with van der Waals surface area (Å²) in [5.41, 5.74) is 2.37. The number of hydrogen-bond donors (Lipinski definition) is 1. The molecule has 3 heterocycles. The standard InChI is InChI=1S/C15H19N5O2S2/c16-24(21,22)15-18-20-10-13(17-14(20)23-15)11-4-6-12(7-5-11)19-8-2-1-3-9-19/h4-7,13H,1-3,8-10H2,(H2,16,21,22). The molecule has 2 N–H and O–H groups in total. The van der Waals surface area contributed by atoms with Gasteiger partial charge in [-0.3, -0.25) is 4.99 Å². The number of hydrazone groups is 1. The van der Waals surface area contributed by atoms with Crippen LogP contribution in [0.5, 0.6) is 0 Å². The first-order valence-corrected chi connectivity index (χ1v) is 10.4. The number of hydrogen-bond acceptors (Lipinski definition) is 7. The molecule has 1 saturated heterocycles. The molecule has 3 aliphatic rings. The zero-order valence-electron chi connectivity index (χ0n) is 13.1. The normalized spacial score (nSPS) is 24.0. The molecule has 4 rings (SSSR count). The summed E-state index contributed by atoms with van der Waals surface area (Å²) in [7, 11) is -3.76. The van der Waals surface area contributed by atoms with Crippen molar-refractivity contribution in [2.24, 2.45) is 15.2 Å². The van der Waals surface area contributed by atoms with Crippen LogP contribution in [0.2, 0.25) is 0 Å². The number of nitrogens with zero attached hydrogens (tertiary/aromatic N) is 4.